The number of nitrogens with zero attached hydrogens (tertiary/aromatic N) is 1. The van der Waals surface area contributed by atoms with E-state index in [1.54, 1.807) is 13.0 Å². The summed E-state index contributed by atoms with van der Waals surface area (Å²) in [5.41, 5.74) is 10.3. The first-order valence-corrected chi connectivity index (χ1v) is 7.25. The minimum atomic E-state index is -0.176. The summed E-state index contributed by atoms with van der Waals surface area (Å²) in [4.78, 5) is 2.08. The zero-order chi connectivity index (χ0) is 15.4. The van der Waals surface area contributed by atoms with Crippen LogP contribution in [0.1, 0.15) is 29.2 Å². The van der Waals surface area contributed by atoms with Crippen molar-refractivity contribution < 1.29 is 4.39 Å². The zero-order valence-corrected chi connectivity index (χ0v) is 12.9. The zero-order valence-electron chi connectivity index (χ0n) is 12.9. The summed E-state index contributed by atoms with van der Waals surface area (Å²) in [6, 6.07) is 13.6. The highest BCUT2D eigenvalue weighted by Gasteiger charge is 2.08. The molecule has 2 nitrogen and oxygen atoms in total. The van der Waals surface area contributed by atoms with Gasteiger partial charge in [-0.05, 0) is 54.7 Å². The molecule has 0 amide bonds. The second-order valence-electron chi connectivity index (χ2n) is 5.71. The number of hydrogen-bond acceptors (Lipinski definition) is 2. The normalized spacial score (nSPS) is 12.2. The Morgan fingerprint density at radius 2 is 1.76 bits per heavy atom. The van der Waals surface area contributed by atoms with Gasteiger partial charge in [-0.3, -0.25) is 0 Å². The van der Waals surface area contributed by atoms with Gasteiger partial charge in [-0.25, -0.2) is 4.39 Å². The van der Waals surface area contributed by atoms with Crippen LogP contribution in [0.15, 0.2) is 42.5 Å². The molecule has 3 heteroatoms. The lowest BCUT2D eigenvalue weighted by molar-refractivity contribution is 0.610. The number of anilines is 1. The van der Waals surface area contributed by atoms with Crippen molar-refractivity contribution in [3.8, 4) is 0 Å². The maximum absolute atomic E-state index is 13.3. The topological polar surface area (TPSA) is 29.3 Å². The van der Waals surface area contributed by atoms with E-state index in [2.05, 4.69) is 29.2 Å². The lowest BCUT2D eigenvalue weighted by Crippen LogP contribution is -2.12. The van der Waals surface area contributed by atoms with Crippen LogP contribution in [0, 0.1) is 12.7 Å². The first kappa shape index (κ1) is 15.5. The molecule has 0 aliphatic rings. The average Bonchev–Trinajstić information content (AvgIpc) is 2.48. The largest absolute Gasteiger partial charge is 0.378 e. The van der Waals surface area contributed by atoms with Gasteiger partial charge >= 0.3 is 0 Å². The predicted octanol–water partition coefficient (Wildman–Crippen LogP) is 3.83. The Balaban J connectivity index is 1.97. The second kappa shape index (κ2) is 6.72. The van der Waals surface area contributed by atoms with E-state index in [0.717, 1.165) is 18.4 Å². The number of rotatable bonds is 5. The third kappa shape index (κ3) is 4.05. The maximum atomic E-state index is 13.3. The van der Waals surface area contributed by atoms with Gasteiger partial charge in [0.15, 0.2) is 0 Å². The van der Waals surface area contributed by atoms with Crippen LogP contribution in [0.25, 0.3) is 0 Å². The van der Waals surface area contributed by atoms with Crippen molar-refractivity contribution >= 4 is 5.69 Å². The fourth-order valence-corrected chi connectivity index (χ4v) is 2.35. The summed E-state index contributed by atoms with van der Waals surface area (Å²) in [6.45, 7) is 1.77. The first-order chi connectivity index (χ1) is 9.97. The van der Waals surface area contributed by atoms with E-state index >= 15 is 0 Å². The van der Waals surface area contributed by atoms with Gasteiger partial charge < -0.3 is 10.6 Å². The first-order valence-electron chi connectivity index (χ1n) is 7.25. The molecule has 2 aromatic carbocycles. The van der Waals surface area contributed by atoms with Crippen LogP contribution in [0.5, 0.6) is 0 Å². The summed E-state index contributed by atoms with van der Waals surface area (Å²) in [5, 5.41) is 0. The molecule has 21 heavy (non-hydrogen) atoms. The van der Waals surface area contributed by atoms with Crippen molar-refractivity contribution in [2.75, 3.05) is 19.0 Å². The Morgan fingerprint density at radius 1 is 1.10 bits per heavy atom. The van der Waals surface area contributed by atoms with Crippen molar-refractivity contribution in [1.82, 2.24) is 0 Å². The number of aryl methyl sites for hydroxylation is 2. The van der Waals surface area contributed by atoms with Crippen LogP contribution in [-0.2, 0) is 6.42 Å². The van der Waals surface area contributed by atoms with Gasteiger partial charge in [-0.15, -0.1) is 0 Å². The number of nitrogens with two attached hydrogens (primary N) is 1. The van der Waals surface area contributed by atoms with Gasteiger partial charge in [-0.2, -0.15) is 0 Å². The van der Waals surface area contributed by atoms with Crippen LogP contribution in [0.2, 0.25) is 0 Å². The molecule has 0 saturated heterocycles. The number of benzene rings is 2. The molecule has 0 spiro atoms. The molecule has 0 heterocycles. The Hall–Kier alpha value is -1.87. The molecule has 112 valence electrons. The van der Waals surface area contributed by atoms with Crippen LogP contribution >= 0.6 is 0 Å². The van der Waals surface area contributed by atoms with Crippen molar-refractivity contribution in [3.63, 3.8) is 0 Å². The molecule has 0 aromatic heterocycles. The van der Waals surface area contributed by atoms with E-state index in [0.29, 0.717) is 5.56 Å². The fraction of sp³-hybridized carbons (Fsp3) is 0.333. The van der Waals surface area contributed by atoms with E-state index < -0.39 is 0 Å². The van der Waals surface area contributed by atoms with Crippen LogP contribution in [-0.4, -0.2) is 14.1 Å². The second-order valence-corrected chi connectivity index (χ2v) is 5.71. The van der Waals surface area contributed by atoms with E-state index in [9.17, 15) is 4.39 Å². The molecular formula is C18H23FN2. The Morgan fingerprint density at radius 3 is 2.33 bits per heavy atom. The van der Waals surface area contributed by atoms with Crippen LogP contribution in [0.3, 0.4) is 0 Å². The highest BCUT2D eigenvalue weighted by molar-refractivity contribution is 5.46. The highest BCUT2D eigenvalue weighted by atomic mass is 19.1. The summed E-state index contributed by atoms with van der Waals surface area (Å²) < 4.78 is 13.3. The minimum absolute atomic E-state index is 0.0576. The molecule has 0 radical (unpaired) electrons. The van der Waals surface area contributed by atoms with Gasteiger partial charge in [0, 0.05) is 25.8 Å². The number of halogens is 1. The average molecular weight is 286 g/mol. The van der Waals surface area contributed by atoms with Gasteiger partial charge in [0.05, 0.1) is 0 Å². The molecule has 0 bridgehead atoms. The molecule has 0 aliphatic heterocycles. The minimum Gasteiger partial charge on any atom is -0.378 e. The molecule has 1 unspecified atom stereocenters. The van der Waals surface area contributed by atoms with E-state index in [1.165, 1.54) is 17.3 Å². The highest BCUT2D eigenvalue weighted by Crippen LogP contribution is 2.20. The monoisotopic (exact) mass is 286 g/mol. The van der Waals surface area contributed by atoms with Crippen molar-refractivity contribution in [1.29, 1.82) is 0 Å². The lowest BCUT2D eigenvalue weighted by Gasteiger charge is -2.15. The molecule has 2 rings (SSSR count). The van der Waals surface area contributed by atoms with E-state index in [4.69, 9.17) is 5.73 Å². The Bertz CT molecular complexity index is 591. The Kier molecular flexibility index (Phi) is 4.97. The third-order valence-corrected chi connectivity index (χ3v) is 3.81. The van der Waals surface area contributed by atoms with Gasteiger partial charge in [0.2, 0.25) is 0 Å². The van der Waals surface area contributed by atoms with E-state index in [-0.39, 0.29) is 11.9 Å². The summed E-state index contributed by atoms with van der Waals surface area (Å²) in [6.07, 6.45) is 1.78. The van der Waals surface area contributed by atoms with Crippen molar-refractivity contribution in [2.24, 2.45) is 5.73 Å². The predicted molar refractivity (Wildman–Crippen MR) is 87.2 cm³/mol. The molecule has 0 fully saturated rings. The van der Waals surface area contributed by atoms with Crippen molar-refractivity contribution in [2.45, 2.75) is 25.8 Å². The van der Waals surface area contributed by atoms with Crippen LogP contribution < -0.4 is 10.6 Å². The molecule has 1 atom stereocenters. The van der Waals surface area contributed by atoms with Gasteiger partial charge in [-0.1, -0.05) is 24.3 Å². The quantitative estimate of drug-likeness (QED) is 0.905. The molecule has 0 saturated carbocycles. The lowest BCUT2D eigenvalue weighted by atomic mass is 9.98. The van der Waals surface area contributed by atoms with Crippen molar-refractivity contribution in [3.05, 3.63) is 65.0 Å². The summed E-state index contributed by atoms with van der Waals surface area (Å²) in [7, 11) is 4.06. The summed E-state index contributed by atoms with van der Waals surface area (Å²) in [5.74, 6) is -0.176. The van der Waals surface area contributed by atoms with Gasteiger partial charge in [0.25, 0.3) is 0 Å². The SMILES string of the molecule is Cc1cc(C(N)CCc2ccc(N(C)C)cc2)ccc1F. The third-order valence-electron chi connectivity index (χ3n) is 3.81. The van der Waals surface area contributed by atoms with Crippen LogP contribution in [0.4, 0.5) is 10.1 Å². The Labute approximate surface area is 126 Å². The maximum Gasteiger partial charge on any atom is 0.126 e. The fourth-order valence-electron chi connectivity index (χ4n) is 2.35. The molecule has 2 aromatic rings. The summed E-state index contributed by atoms with van der Waals surface area (Å²) >= 11 is 0. The number of hydrogen-bond donors (Lipinski definition) is 1. The molecule has 2 N–H and O–H groups in total. The smallest absolute Gasteiger partial charge is 0.126 e. The standard InChI is InChI=1S/C18H23FN2/c1-13-12-15(7-10-17(13)19)18(20)11-6-14-4-8-16(9-5-14)21(2)3/h4-5,7-10,12,18H,6,11,20H2,1-3H3. The molecule has 0 aliphatic carbocycles. The molecular weight excluding hydrogens is 263 g/mol. The van der Waals surface area contributed by atoms with E-state index in [1.807, 2.05) is 20.2 Å². The van der Waals surface area contributed by atoms with Gasteiger partial charge in [0.1, 0.15) is 5.82 Å².